The molecule has 0 aromatic carbocycles. The van der Waals surface area contributed by atoms with Crippen LogP contribution in [0.15, 0.2) is 6.07 Å². The quantitative estimate of drug-likeness (QED) is 0.886. The van der Waals surface area contributed by atoms with Gasteiger partial charge in [-0.15, -0.1) is 11.3 Å². The Morgan fingerprint density at radius 3 is 2.67 bits per heavy atom. The molecule has 0 spiro atoms. The highest BCUT2D eigenvalue weighted by atomic mass is 35.5. The van der Waals surface area contributed by atoms with Gasteiger partial charge < -0.3 is 5.73 Å². The van der Waals surface area contributed by atoms with Crippen molar-refractivity contribution in [3.05, 3.63) is 20.8 Å². The summed E-state index contributed by atoms with van der Waals surface area (Å²) in [6.45, 7) is 4.06. The summed E-state index contributed by atoms with van der Waals surface area (Å²) in [6, 6.07) is 2.07. The van der Waals surface area contributed by atoms with Gasteiger partial charge in [-0.25, -0.2) is 0 Å². The second-order valence-electron chi connectivity index (χ2n) is 4.02. The molecule has 2 rings (SSSR count). The van der Waals surface area contributed by atoms with Gasteiger partial charge in [0, 0.05) is 22.8 Å². The molecule has 2 nitrogen and oxygen atoms in total. The van der Waals surface area contributed by atoms with Crippen molar-refractivity contribution in [2.75, 3.05) is 13.1 Å². The van der Waals surface area contributed by atoms with E-state index in [-0.39, 0.29) is 0 Å². The van der Waals surface area contributed by atoms with Gasteiger partial charge in [0.15, 0.2) is 0 Å². The molecule has 0 atom stereocenters. The van der Waals surface area contributed by atoms with Crippen molar-refractivity contribution in [2.24, 2.45) is 5.73 Å². The first-order chi connectivity index (χ1) is 7.29. The maximum Gasteiger partial charge on any atom is 0.0561 e. The number of likely N-dealkylation sites (tertiary alicyclic amines) is 1. The van der Waals surface area contributed by atoms with E-state index >= 15 is 0 Å². The van der Waals surface area contributed by atoms with E-state index in [0.717, 1.165) is 16.4 Å². The Kier molecular flexibility index (Phi) is 4.03. The van der Waals surface area contributed by atoms with Gasteiger partial charge in [0.1, 0.15) is 0 Å². The van der Waals surface area contributed by atoms with Crippen LogP contribution in [0, 0.1) is 0 Å². The van der Waals surface area contributed by atoms with Gasteiger partial charge in [0.2, 0.25) is 0 Å². The normalized spacial score (nSPS) is 18.3. The van der Waals surface area contributed by atoms with Crippen LogP contribution >= 0.6 is 22.9 Å². The highest BCUT2D eigenvalue weighted by Crippen LogP contribution is 2.28. The molecule has 0 unspecified atom stereocenters. The summed E-state index contributed by atoms with van der Waals surface area (Å²) >= 11 is 7.83. The Labute approximate surface area is 100 Å². The van der Waals surface area contributed by atoms with E-state index in [9.17, 15) is 0 Å². The lowest BCUT2D eigenvalue weighted by Gasteiger charge is -2.25. The maximum atomic E-state index is 6.07. The highest BCUT2D eigenvalue weighted by Gasteiger charge is 2.13. The van der Waals surface area contributed by atoms with Crippen LogP contribution < -0.4 is 5.73 Å². The van der Waals surface area contributed by atoms with Gasteiger partial charge in [-0.1, -0.05) is 18.0 Å². The van der Waals surface area contributed by atoms with Gasteiger partial charge in [-0.05, 0) is 32.0 Å². The van der Waals surface area contributed by atoms with Crippen LogP contribution in [-0.2, 0) is 13.1 Å². The zero-order chi connectivity index (χ0) is 10.7. The molecule has 2 heterocycles. The number of hydrogen-bond acceptors (Lipinski definition) is 3. The standard InChI is InChI=1S/C11H17ClN2S/c12-10-6-9(15-11(10)7-13)8-14-4-2-1-3-5-14/h6H,1-5,7-8,13H2. The van der Waals surface area contributed by atoms with Crippen LogP contribution in [0.5, 0.6) is 0 Å². The average molecular weight is 245 g/mol. The van der Waals surface area contributed by atoms with Crippen molar-refractivity contribution in [2.45, 2.75) is 32.4 Å². The number of piperidine rings is 1. The summed E-state index contributed by atoms with van der Waals surface area (Å²) in [4.78, 5) is 4.97. The summed E-state index contributed by atoms with van der Waals surface area (Å²) in [5.74, 6) is 0. The van der Waals surface area contributed by atoms with Crippen LogP contribution in [0.4, 0.5) is 0 Å². The molecule has 1 saturated heterocycles. The van der Waals surface area contributed by atoms with E-state index in [2.05, 4.69) is 11.0 Å². The van der Waals surface area contributed by atoms with Crippen molar-refractivity contribution in [3.8, 4) is 0 Å². The zero-order valence-corrected chi connectivity index (χ0v) is 10.4. The van der Waals surface area contributed by atoms with Gasteiger partial charge in [0.05, 0.1) is 5.02 Å². The minimum Gasteiger partial charge on any atom is -0.326 e. The number of halogens is 1. The number of hydrogen-bond donors (Lipinski definition) is 1. The fourth-order valence-corrected chi connectivity index (χ4v) is 3.38. The van der Waals surface area contributed by atoms with Gasteiger partial charge in [0.25, 0.3) is 0 Å². The lowest BCUT2D eigenvalue weighted by Crippen LogP contribution is -2.28. The summed E-state index contributed by atoms with van der Waals surface area (Å²) in [7, 11) is 0. The van der Waals surface area contributed by atoms with E-state index in [1.807, 2.05) is 0 Å². The molecule has 0 aliphatic carbocycles. The fraction of sp³-hybridized carbons (Fsp3) is 0.636. The Balaban J connectivity index is 1.97. The SMILES string of the molecule is NCc1sc(CN2CCCCC2)cc1Cl. The van der Waals surface area contributed by atoms with Crippen LogP contribution in [0.25, 0.3) is 0 Å². The monoisotopic (exact) mass is 244 g/mol. The van der Waals surface area contributed by atoms with Crippen molar-refractivity contribution >= 4 is 22.9 Å². The second-order valence-corrected chi connectivity index (χ2v) is 5.65. The molecule has 1 aliphatic rings. The van der Waals surface area contributed by atoms with E-state index in [4.69, 9.17) is 17.3 Å². The van der Waals surface area contributed by atoms with Gasteiger partial charge in [-0.2, -0.15) is 0 Å². The minimum absolute atomic E-state index is 0.559. The molecule has 2 N–H and O–H groups in total. The molecule has 4 heteroatoms. The van der Waals surface area contributed by atoms with Crippen LogP contribution in [0.1, 0.15) is 29.0 Å². The third-order valence-corrected chi connectivity index (χ3v) is 4.41. The molecule has 84 valence electrons. The summed E-state index contributed by atoms with van der Waals surface area (Å²) in [5, 5.41) is 0.842. The first-order valence-electron chi connectivity index (χ1n) is 5.49. The van der Waals surface area contributed by atoms with Crippen molar-refractivity contribution in [1.82, 2.24) is 4.90 Å². The molecule has 1 aliphatic heterocycles. The summed E-state index contributed by atoms with van der Waals surface area (Å²) in [5.41, 5.74) is 5.61. The minimum atomic E-state index is 0.559. The zero-order valence-electron chi connectivity index (χ0n) is 8.84. The third-order valence-electron chi connectivity index (χ3n) is 2.82. The summed E-state index contributed by atoms with van der Waals surface area (Å²) in [6.07, 6.45) is 4.06. The molecule has 0 amide bonds. The molecular formula is C11H17ClN2S. The van der Waals surface area contributed by atoms with E-state index in [0.29, 0.717) is 6.54 Å². The number of thiophene rings is 1. The predicted molar refractivity (Wildman–Crippen MR) is 66.3 cm³/mol. The number of nitrogens with two attached hydrogens (primary N) is 1. The van der Waals surface area contributed by atoms with Gasteiger partial charge >= 0.3 is 0 Å². The largest absolute Gasteiger partial charge is 0.326 e. The maximum absolute atomic E-state index is 6.07. The average Bonchev–Trinajstić information content (AvgIpc) is 2.60. The Bertz CT molecular complexity index is 318. The Morgan fingerprint density at radius 1 is 1.33 bits per heavy atom. The molecule has 1 aromatic rings. The second kappa shape index (κ2) is 5.30. The molecule has 0 bridgehead atoms. The lowest BCUT2D eigenvalue weighted by atomic mass is 10.1. The first-order valence-corrected chi connectivity index (χ1v) is 6.68. The summed E-state index contributed by atoms with van der Waals surface area (Å²) < 4.78 is 0. The van der Waals surface area contributed by atoms with E-state index in [1.165, 1.54) is 37.2 Å². The lowest BCUT2D eigenvalue weighted by molar-refractivity contribution is 0.222. The Morgan fingerprint density at radius 2 is 2.07 bits per heavy atom. The molecule has 0 saturated carbocycles. The molecule has 15 heavy (non-hydrogen) atoms. The Hall–Kier alpha value is -0.0900. The van der Waals surface area contributed by atoms with Crippen molar-refractivity contribution < 1.29 is 0 Å². The van der Waals surface area contributed by atoms with Crippen molar-refractivity contribution in [3.63, 3.8) is 0 Å². The molecule has 1 aromatic heterocycles. The molecular weight excluding hydrogens is 228 g/mol. The van der Waals surface area contributed by atoms with Gasteiger partial charge in [-0.3, -0.25) is 4.90 Å². The molecule has 0 radical (unpaired) electrons. The highest BCUT2D eigenvalue weighted by molar-refractivity contribution is 7.12. The smallest absolute Gasteiger partial charge is 0.0561 e. The topological polar surface area (TPSA) is 29.3 Å². The molecule has 1 fully saturated rings. The van der Waals surface area contributed by atoms with Crippen LogP contribution in [0.2, 0.25) is 5.02 Å². The van der Waals surface area contributed by atoms with E-state index < -0.39 is 0 Å². The van der Waals surface area contributed by atoms with E-state index in [1.54, 1.807) is 11.3 Å². The first kappa shape index (κ1) is 11.4. The van der Waals surface area contributed by atoms with Crippen LogP contribution in [-0.4, -0.2) is 18.0 Å². The fourth-order valence-electron chi connectivity index (χ4n) is 2.01. The third kappa shape index (κ3) is 2.94. The number of nitrogens with zero attached hydrogens (tertiary/aromatic N) is 1. The number of rotatable bonds is 3. The van der Waals surface area contributed by atoms with Crippen molar-refractivity contribution in [1.29, 1.82) is 0 Å². The van der Waals surface area contributed by atoms with Crippen LogP contribution in [0.3, 0.4) is 0 Å². The predicted octanol–water partition coefficient (Wildman–Crippen LogP) is 2.85.